The zero-order chi connectivity index (χ0) is 17.8. The van der Waals surface area contributed by atoms with Crippen LogP contribution in [0.5, 0.6) is 0 Å². The number of anilines is 1. The van der Waals surface area contributed by atoms with Gasteiger partial charge >= 0.3 is 0 Å². The van der Waals surface area contributed by atoms with Gasteiger partial charge in [0.15, 0.2) is 0 Å². The molecule has 0 unspecified atom stereocenters. The third-order valence-electron chi connectivity index (χ3n) is 3.70. The van der Waals surface area contributed by atoms with Gasteiger partial charge < -0.3 is 4.90 Å². The van der Waals surface area contributed by atoms with E-state index in [1.54, 1.807) is 0 Å². The molecule has 0 saturated carbocycles. The Kier molecular flexibility index (Phi) is 5.32. The minimum absolute atomic E-state index is 0.573. The van der Waals surface area contributed by atoms with Crippen LogP contribution < -0.4 is 4.90 Å². The van der Waals surface area contributed by atoms with Crippen LogP contribution in [0.1, 0.15) is 10.6 Å². The molecule has 3 aromatic rings. The Morgan fingerprint density at radius 3 is 2.60 bits per heavy atom. The third kappa shape index (κ3) is 4.16. The number of nitriles is 1. The molecule has 0 saturated heterocycles. The van der Waals surface area contributed by atoms with Crippen LogP contribution in [0.25, 0.3) is 22.9 Å². The van der Waals surface area contributed by atoms with Crippen LogP contribution in [0.4, 0.5) is 5.69 Å². The maximum Gasteiger partial charge on any atom is 0.134 e. The molecule has 2 aromatic carbocycles. The van der Waals surface area contributed by atoms with E-state index in [1.165, 1.54) is 11.3 Å². The molecule has 0 amide bonds. The van der Waals surface area contributed by atoms with Crippen molar-refractivity contribution in [1.82, 2.24) is 4.98 Å². The molecule has 1 aromatic heterocycles. The zero-order valence-electron chi connectivity index (χ0n) is 13.9. The van der Waals surface area contributed by atoms with Gasteiger partial charge in [-0.3, -0.25) is 0 Å². The van der Waals surface area contributed by atoms with Crippen LogP contribution >= 0.6 is 27.3 Å². The predicted molar refractivity (Wildman–Crippen MR) is 110 cm³/mol. The topological polar surface area (TPSA) is 39.9 Å². The number of allylic oxidation sites excluding steroid dienone is 1. The van der Waals surface area contributed by atoms with E-state index in [9.17, 15) is 5.26 Å². The predicted octanol–water partition coefficient (Wildman–Crippen LogP) is 5.70. The van der Waals surface area contributed by atoms with Gasteiger partial charge in [-0.2, -0.15) is 5.26 Å². The molecule has 5 heteroatoms. The fourth-order valence-electron chi connectivity index (χ4n) is 2.36. The Hall–Kier alpha value is -2.42. The summed E-state index contributed by atoms with van der Waals surface area (Å²) in [6.07, 6.45) is 1.88. The normalized spacial score (nSPS) is 11.2. The van der Waals surface area contributed by atoms with Crippen LogP contribution in [-0.4, -0.2) is 19.1 Å². The molecule has 0 N–H and O–H groups in total. The summed E-state index contributed by atoms with van der Waals surface area (Å²) in [5, 5.41) is 12.3. The lowest BCUT2D eigenvalue weighted by Crippen LogP contribution is -2.07. The summed E-state index contributed by atoms with van der Waals surface area (Å²) in [6.45, 7) is 0. The number of benzene rings is 2. The Bertz CT molecular complexity index is 950. The molecule has 0 radical (unpaired) electrons. The van der Waals surface area contributed by atoms with E-state index in [1.807, 2.05) is 79.0 Å². The fraction of sp³-hybridized carbons (Fsp3) is 0.100. The largest absolute Gasteiger partial charge is 0.378 e. The first-order valence-electron chi connectivity index (χ1n) is 7.68. The highest BCUT2D eigenvalue weighted by molar-refractivity contribution is 9.10. The molecule has 25 heavy (non-hydrogen) atoms. The molecule has 0 aliphatic carbocycles. The highest BCUT2D eigenvalue weighted by Gasteiger charge is 2.09. The Balaban J connectivity index is 1.90. The molecule has 0 aliphatic heterocycles. The van der Waals surface area contributed by atoms with Crippen LogP contribution in [0.15, 0.2) is 58.4 Å². The molecule has 3 nitrogen and oxygen atoms in total. The number of rotatable bonds is 4. The van der Waals surface area contributed by atoms with Gasteiger partial charge in [-0.05, 0) is 35.9 Å². The van der Waals surface area contributed by atoms with Crippen molar-refractivity contribution >= 4 is 44.6 Å². The van der Waals surface area contributed by atoms with Gasteiger partial charge in [0, 0.05) is 35.2 Å². The van der Waals surface area contributed by atoms with Gasteiger partial charge in [-0.25, -0.2) is 4.98 Å². The van der Waals surface area contributed by atoms with Crippen molar-refractivity contribution in [2.24, 2.45) is 0 Å². The Morgan fingerprint density at radius 2 is 1.96 bits per heavy atom. The number of hydrogen-bond acceptors (Lipinski definition) is 4. The van der Waals surface area contributed by atoms with Gasteiger partial charge in [0.05, 0.1) is 11.3 Å². The zero-order valence-corrected chi connectivity index (χ0v) is 16.3. The van der Waals surface area contributed by atoms with E-state index in [2.05, 4.69) is 27.0 Å². The summed E-state index contributed by atoms with van der Waals surface area (Å²) in [4.78, 5) is 6.68. The molecule has 0 bridgehead atoms. The van der Waals surface area contributed by atoms with E-state index in [0.717, 1.165) is 32.0 Å². The molecule has 0 atom stereocenters. The first kappa shape index (κ1) is 17.4. The van der Waals surface area contributed by atoms with Crippen molar-refractivity contribution in [3.63, 3.8) is 0 Å². The summed E-state index contributed by atoms with van der Waals surface area (Å²) in [5.41, 5.74) is 4.60. The monoisotopic (exact) mass is 409 g/mol. The SMILES string of the molecule is CN(C)c1ccc(C=C(C#N)c2nc(-c3cccc(Br)c3)cs2)cc1. The number of thiazole rings is 1. The summed E-state index contributed by atoms with van der Waals surface area (Å²) in [5.74, 6) is 0. The fourth-order valence-corrected chi connectivity index (χ4v) is 3.55. The number of hydrogen-bond donors (Lipinski definition) is 0. The van der Waals surface area contributed by atoms with Crippen molar-refractivity contribution in [2.75, 3.05) is 19.0 Å². The summed E-state index contributed by atoms with van der Waals surface area (Å²) >= 11 is 4.96. The minimum atomic E-state index is 0.573. The van der Waals surface area contributed by atoms with E-state index >= 15 is 0 Å². The highest BCUT2D eigenvalue weighted by atomic mass is 79.9. The molecular weight excluding hydrogens is 394 g/mol. The molecule has 124 valence electrons. The van der Waals surface area contributed by atoms with Crippen molar-refractivity contribution in [3.8, 4) is 17.3 Å². The lowest BCUT2D eigenvalue weighted by molar-refractivity contribution is 1.13. The second-order valence-corrected chi connectivity index (χ2v) is 7.48. The third-order valence-corrected chi connectivity index (χ3v) is 5.06. The van der Waals surface area contributed by atoms with Gasteiger partial charge in [0.2, 0.25) is 0 Å². The second kappa shape index (κ2) is 7.64. The van der Waals surface area contributed by atoms with Crippen LogP contribution in [-0.2, 0) is 0 Å². The smallest absolute Gasteiger partial charge is 0.134 e. The maximum absolute atomic E-state index is 9.54. The lowest BCUT2D eigenvalue weighted by Gasteiger charge is -2.11. The van der Waals surface area contributed by atoms with Crippen molar-refractivity contribution in [2.45, 2.75) is 0 Å². The van der Waals surface area contributed by atoms with E-state index < -0.39 is 0 Å². The van der Waals surface area contributed by atoms with Gasteiger partial charge in [-0.15, -0.1) is 11.3 Å². The quantitative estimate of drug-likeness (QED) is 0.518. The van der Waals surface area contributed by atoms with Crippen LogP contribution in [0, 0.1) is 11.3 Å². The lowest BCUT2D eigenvalue weighted by atomic mass is 10.1. The average Bonchev–Trinajstić information content (AvgIpc) is 3.10. The Morgan fingerprint density at radius 1 is 1.20 bits per heavy atom. The van der Waals surface area contributed by atoms with Gasteiger partial charge in [0.1, 0.15) is 11.1 Å². The van der Waals surface area contributed by atoms with E-state index in [-0.39, 0.29) is 0 Å². The minimum Gasteiger partial charge on any atom is -0.378 e. The molecule has 3 rings (SSSR count). The number of nitrogens with zero attached hydrogens (tertiary/aromatic N) is 3. The van der Waals surface area contributed by atoms with Crippen molar-refractivity contribution < 1.29 is 0 Å². The van der Waals surface area contributed by atoms with E-state index in [4.69, 9.17) is 0 Å². The summed E-state index contributed by atoms with van der Waals surface area (Å²) in [7, 11) is 4.01. The van der Waals surface area contributed by atoms with Crippen molar-refractivity contribution in [3.05, 3.63) is 69.0 Å². The number of aromatic nitrogens is 1. The molecule has 0 aliphatic rings. The van der Waals surface area contributed by atoms with Gasteiger partial charge in [0.25, 0.3) is 0 Å². The first-order chi connectivity index (χ1) is 12.1. The van der Waals surface area contributed by atoms with Crippen molar-refractivity contribution in [1.29, 1.82) is 5.26 Å². The summed E-state index contributed by atoms with van der Waals surface area (Å²) < 4.78 is 1.01. The Labute approximate surface area is 160 Å². The maximum atomic E-state index is 9.54. The highest BCUT2D eigenvalue weighted by Crippen LogP contribution is 2.28. The van der Waals surface area contributed by atoms with Crippen LogP contribution in [0.3, 0.4) is 0 Å². The molecule has 0 fully saturated rings. The standard InChI is InChI=1S/C20H16BrN3S/c1-24(2)18-8-6-14(7-9-18)10-16(12-22)20-23-19(13-25-20)15-4-3-5-17(21)11-15/h3-11,13H,1-2H3. The number of halogens is 1. The second-order valence-electron chi connectivity index (χ2n) is 5.70. The molecular formula is C20H16BrN3S. The summed E-state index contributed by atoms with van der Waals surface area (Å²) in [6, 6.07) is 18.4. The van der Waals surface area contributed by atoms with Gasteiger partial charge in [-0.1, -0.05) is 40.2 Å². The molecule has 0 spiro atoms. The van der Waals surface area contributed by atoms with Crippen LogP contribution in [0.2, 0.25) is 0 Å². The molecule has 1 heterocycles. The first-order valence-corrected chi connectivity index (χ1v) is 9.35. The van der Waals surface area contributed by atoms with E-state index in [0.29, 0.717) is 5.57 Å². The average molecular weight is 410 g/mol.